The fourth-order valence-electron chi connectivity index (χ4n) is 3.87. The second-order valence-electron chi connectivity index (χ2n) is 7.87. The topological polar surface area (TPSA) is 41.6 Å². The quantitative estimate of drug-likeness (QED) is 0.773. The van der Waals surface area contributed by atoms with Gasteiger partial charge in [-0.25, -0.2) is 0 Å². The Labute approximate surface area is 173 Å². The number of fused-ring (bicyclic) bond motifs is 1. The van der Waals surface area contributed by atoms with Crippen molar-refractivity contribution in [3.05, 3.63) is 51.4 Å². The maximum atomic E-state index is 13.1. The van der Waals surface area contributed by atoms with Crippen LogP contribution in [0.25, 0.3) is 5.57 Å². The molecule has 0 aromatic carbocycles. The van der Waals surface area contributed by atoms with Crippen molar-refractivity contribution in [1.82, 2.24) is 10.2 Å². The minimum absolute atomic E-state index is 0.119. The van der Waals surface area contributed by atoms with Crippen LogP contribution in [0.4, 0.5) is 0 Å². The predicted octanol–water partition coefficient (Wildman–Crippen LogP) is 5.00. The molecule has 0 atom stereocenters. The Hall–Kier alpha value is -1.85. The van der Waals surface area contributed by atoms with Crippen molar-refractivity contribution in [3.63, 3.8) is 0 Å². The number of rotatable bonds is 4. The van der Waals surface area contributed by atoms with E-state index in [1.54, 1.807) is 0 Å². The number of hydrogen-bond acceptors (Lipinski definition) is 4. The molecular formula is C23H32N2O2S. The average molecular weight is 401 g/mol. The van der Waals surface area contributed by atoms with E-state index >= 15 is 0 Å². The molecule has 0 unspecified atom stereocenters. The maximum Gasteiger partial charge on any atom is 0.264 e. The lowest BCUT2D eigenvalue weighted by Gasteiger charge is -2.30. The zero-order valence-corrected chi connectivity index (χ0v) is 18.3. The highest BCUT2D eigenvalue weighted by atomic mass is 32.1. The van der Waals surface area contributed by atoms with Gasteiger partial charge in [0.1, 0.15) is 12.4 Å². The number of allylic oxidation sites excluding steroid dienone is 3. The van der Waals surface area contributed by atoms with Gasteiger partial charge in [0.15, 0.2) is 0 Å². The standard InChI is InChI=1S/C23H32N2O2S/c1-16(2)25(17(3)4)23(26)22-14-18(15-28-22)19-9-7-11-24-12-13-27-21-10-6-5-8-20(19)21/h8-10,14-17,24H,5-7,11-13H2,1-4H3/b19-9-. The van der Waals surface area contributed by atoms with Gasteiger partial charge in [-0.3, -0.25) is 4.79 Å². The van der Waals surface area contributed by atoms with Gasteiger partial charge in [0.25, 0.3) is 5.91 Å². The fraction of sp³-hybridized carbons (Fsp3) is 0.522. The molecule has 0 spiro atoms. The highest BCUT2D eigenvalue weighted by Gasteiger charge is 2.24. The van der Waals surface area contributed by atoms with E-state index in [0.717, 1.165) is 48.6 Å². The maximum absolute atomic E-state index is 13.1. The summed E-state index contributed by atoms with van der Waals surface area (Å²) in [5, 5.41) is 5.53. The van der Waals surface area contributed by atoms with Gasteiger partial charge < -0.3 is 15.0 Å². The Balaban J connectivity index is 1.92. The van der Waals surface area contributed by atoms with E-state index in [2.05, 4.69) is 62.7 Å². The molecule has 1 amide bonds. The number of hydrogen-bond donors (Lipinski definition) is 1. The number of amides is 1. The van der Waals surface area contributed by atoms with Gasteiger partial charge in [0, 0.05) is 24.2 Å². The summed E-state index contributed by atoms with van der Waals surface area (Å²) >= 11 is 1.54. The zero-order valence-electron chi connectivity index (χ0n) is 17.5. The van der Waals surface area contributed by atoms with Crippen LogP contribution in [0, 0.1) is 0 Å². The van der Waals surface area contributed by atoms with Crippen LogP contribution in [0.15, 0.2) is 41.0 Å². The van der Waals surface area contributed by atoms with Crippen LogP contribution in [-0.4, -0.2) is 42.6 Å². The van der Waals surface area contributed by atoms with Crippen molar-refractivity contribution in [3.8, 4) is 0 Å². The molecule has 28 heavy (non-hydrogen) atoms. The third-order valence-electron chi connectivity index (χ3n) is 5.07. The lowest BCUT2D eigenvalue weighted by Crippen LogP contribution is -2.41. The number of nitrogens with zero attached hydrogens (tertiary/aromatic N) is 1. The normalized spacial score (nSPS) is 19.9. The van der Waals surface area contributed by atoms with Crippen LogP contribution in [0.5, 0.6) is 0 Å². The first-order valence-corrected chi connectivity index (χ1v) is 11.2. The van der Waals surface area contributed by atoms with Crippen molar-refractivity contribution in [2.75, 3.05) is 19.7 Å². The molecule has 0 saturated heterocycles. The first kappa shape index (κ1) is 20.9. The SMILES string of the molecule is CC(C)N(C(=O)c1cc(/C2=C/CCNCCOC3=CCCC=C32)cs1)C(C)C. The van der Waals surface area contributed by atoms with Gasteiger partial charge in [0.05, 0.1) is 4.88 Å². The Morgan fingerprint density at radius 3 is 2.50 bits per heavy atom. The average Bonchev–Trinajstić information content (AvgIpc) is 3.14. The molecule has 1 aromatic heterocycles. The summed E-state index contributed by atoms with van der Waals surface area (Å²) in [6.45, 7) is 10.8. The summed E-state index contributed by atoms with van der Waals surface area (Å²) in [6.07, 6.45) is 9.77. The van der Waals surface area contributed by atoms with Gasteiger partial charge >= 0.3 is 0 Å². The number of carbonyl (C=O) groups is 1. The molecule has 1 N–H and O–H groups in total. The second-order valence-corrected chi connectivity index (χ2v) is 8.78. The van der Waals surface area contributed by atoms with Crippen LogP contribution < -0.4 is 5.32 Å². The monoisotopic (exact) mass is 400 g/mol. The molecular weight excluding hydrogens is 368 g/mol. The van der Waals surface area contributed by atoms with E-state index in [1.807, 2.05) is 4.90 Å². The van der Waals surface area contributed by atoms with Crippen LogP contribution in [0.2, 0.25) is 0 Å². The molecule has 0 radical (unpaired) electrons. The number of ether oxygens (including phenoxy) is 1. The van der Waals surface area contributed by atoms with E-state index < -0.39 is 0 Å². The third kappa shape index (κ3) is 4.76. The first-order chi connectivity index (χ1) is 13.5. The molecule has 0 bridgehead atoms. The summed E-state index contributed by atoms with van der Waals surface area (Å²) in [6, 6.07) is 2.42. The van der Waals surface area contributed by atoms with E-state index in [-0.39, 0.29) is 18.0 Å². The van der Waals surface area contributed by atoms with Gasteiger partial charge in [-0.15, -0.1) is 11.3 Å². The van der Waals surface area contributed by atoms with Crippen LogP contribution in [0.3, 0.4) is 0 Å². The number of carbonyl (C=O) groups excluding carboxylic acids is 1. The lowest BCUT2D eigenvalue weighted by molar-refractivity contribution is 0.0649. The van der Waals surface area contributed by atoms with Crippen molar-refractivity contribution < 1.29 is 9.53 Å². The smallest absolute Gasteiger partial charge is 0.264 e. The van der Waals surface area contributed by atoms with Gasteiger partial charge in [-0.1, -0.05) is 12.2 Å². The van der Waals surface area contributed by atoms with Crippen LogP contribution in [0.1, 0.15) is 62.2 Å². The summed E-state index contributed by atoms with van der Waals surface area (Å²) in [5.74, 6) is 1.10. The minimum atomic E-state index is 0.119. The van der Waals surface area contributed by atoms with Crippen molar-refractivity contribution in [2.24, 2.45) is 0 Å². The Morgan fingerprint density at radius 2 is 1.75 bits per heavy atom. The molecule has 5 heteroatoms. The number of nitrogens with one attached hydrogen (secondary N) is 1. The van der Waals surface area contributed by atoms with Crippen molar-refractivity contribution >= 4 is 22.8 Å². The second kappa shape index (κ2) is 9.57. The summed E-state index contributed by atoms with van der Waals surface area (Å²) < 4.78 is 6.05. The molecule has 1 aliphatic carbocycles. The largest absolute Gasteiger partial charge is 0.492 e. The van der Waals surface area contributed by atoms with Gasteiger partial charge in [-0.05, 0) is 82.2 Å². The van der Waals surface area contributed by atoms with E-state index in [0.29, 0.717) is 6.61 Å². The Morgan fingerprint density at radius 1 is 1.04 bits per heavy atom. The molecule has 0 saturated carbocycles. The summed E-state index contributed by atoms with van der Waals surface area (Å²) in [7, 11) is 0. The molecule has 1 aliphatic heterocycles. The van der Waals surface area contributed by atoms with E-state index in [9.17, 15) is 4.79 Å². The van der Waals surface area contributed by atoms with Gasteiger partial charge in [-0.2, -0.15) is 0 Å². The summed E-state index contributed by atoms with van der Waals surface area (Å²) in [4.78, 5) is 15.8. The van der Waals surface area contributed by atoms with E-state index in [4.69, 9.17) is 4.74 Å². The molecule has 2 aliphatic rings. The molecule has 2 heterocycles. The fourth-order valence-corrected chi connectivity index (χ4v) is 4.72. The van der Waals surface area contributed by atoms with E-state index in [1.165, 1.54) is 22.5 Å². The van der Waals surface area contributed by atoms with Crippen LogP contribution in [-0.2, 0) is 4.74 Å². The number of thiophene rings is 1. The predicted molar refractivity (Wildman–Crippen MR) is 118 cm³/mol. The highest BCUT2D eigenvalue weighted by Crippen LogP contribution is 2.35. The minimum Gasteiger partial charge on any atom is -0.492 e. The molecule has 0 fully saturated rings. The van der Waals surface area contributed by atoms with Crippen molar-refractivity contribution in [2.45, 2.75) is 59.0 Å². The lowest BCUT2D eigenvalue weighted by atomic mass is 9.92. The molecule has 1 aromatic rings. The molecule has 152 valence electrons. The Bertz CT molecular complexity index is 778. The molecule has 3 rings (SSSR count). The van der Waals surface area contributed by atoms with Crippen molar-refractivity contribution in [1.29, 1.82) is 0 Å². The zero-order chi connectivity index (χ0) is 20.1. The third-order valence-corrected chi connectivity index (χ3v) is 5.99. The van der Waals surface area contributed by atoms with Gasteiger partial charge in [0.2, 0.25) is 0 Å². The Kier molecular flexibility index (Phi) is 7.13. The summed E-state index contributed by atoms with van der Waals surface area (Å²) in [5.41, 5.74) is 3.48. The molecule has 4 nitrogen and oxygen atoms in total. The highest BCUT2D eigenvalue weighted by molar-refractivity contribution is 7.12. The first-order valence-electron chi connectivity index (χ1n) is 10.4. The van der Waals surface area contributed by atoms with Crippen LogP contribution >= 0.6 is 11.3 Å².